The molecule has 1 heterocycles. The van der Waals surface area contributed by atoms with Gasteiger partial charge in [0, 0.05) is 11.1 Å². The Bertz CT molecular complexity index is 1240. The van der Waals surface area contributed by atoms with E-state index in [2.05, 4.69) is 33.3 Å². The Morgan fingerprint density at radius 3 is 2.48 bits per heavy atom. The Hall–Kier alpha value is -2.97. The van der Waals surface area contributed by atoms with Crippen LogP contribution in [0.5, 0.6) is 0 Å². The van der Waals surface area contributed by atoms with E-state index in [-0.39, 0.29) is 27.5 Å². The lowest BCUT2D eigenvalue weighted by Gasteiger charge is -2.16. The highest BCUT2D eigenvalue weighted by atomic mass is 35.5. The third kappa shape index (κ3) is 4.86. The van der Waals surface area contributed by atoms with Gasteiger partial charge in [-0.05, 0) is 36.6 Å². The average molecular weight is 460 g/mol. The van der Waals surface area contributed by atoms with Gasteiger partial charge in [0.1, 0.15) is 5.15 Å². The fraction of sp³-hybridized carbons (Fsp3) is 0.227. The molecule has 0 aliphatic carbocycles. The first kappa shape index (κ1) is 22.7. The minimum atomic E-state index is -4.07. The average Bonchev–Trinajstić information content (AvgIpc) is 2.75. The van der Waals surface area contributed by atoms with Crippen LogP contribution in [0, 0.1) is 6.92 Å². The molecule has 3 rings (SSSR count). The van der Waals surface area contributed by atoms with Crippen LogP contribution in [-0.4, -0.2) is 31.5 Å². The lowest BCUT2D eigenvalue weighted by molar-refractivity contribution is 0.0600. The summed E-state index contributed by atoms with van der Waals surface area (Å²) in [6.07, 6.45) is 0. The van der Waals surface area contributed by atoms with Crippen molar-refractivity contribution in [1.82, 2.24) is 9.97 Å². The summed E-state index contributed by atoms with van der Waals surface area (Å²) in [5.74, 6) is -0.572. The van der Waals surface area contributed by atoms with Crippen LogP contribution in [0.4, 0.5) is 5.95 Å². The molecule has 0 atom stereocenters. The van der Waals surface area contributed by atoms with E-state index in [1.54, 1.807) is 6.92 Å². The van der Waals surface area contributed by atoms with Crippen LogP contribution in [0.3, 0.4) is 0 Å². The molecule has 2 aromatic carbocycles. The van der Waals surface area contributed by atoms with Gasteiger partial charge in [0.2, 0.25) is 5.95 Å². The van der Waals surface area contributed by atoms with Gasteiger partial charge >= 0.3 is 5.97 Å². The fourth-order valence-electron chi connectivity index (χ4n) is 3.10. The van der Waals surface area contributed by atoms with Gasteiger partial charge in [0.05, 0.1) is 23.3 Å². The molecule has 0 bridgehead atoms. The first-order chi connectivity index (χ1) is 14.6. The lowest BCUT2D eigenvalue weighted by Crippen LogP contribution is -2.16. The Kier molecular flexibility index (Phi) is 6.62. The van der Waals surface area contributed by atoms with Gasteiger partial charge in [-0.3, -0.25) is 0 Å². The minimum Gasteiger partial charge on any atom is -0.465 e. The summed E-state index contributed by atoms with van der Waals surface area (Å²) in [5, 5.41) is 0.143. The summed E-state index contributed by atoms with van der Waals surface area (Å²) in [7, 11) is -2.85. The molecule has 0 spiro atoms. The lowest BCUT2D eigenvalue weighted by atomic mass is 9.94. The third-order valence-electron chi connectivity index (χ3n) is 4.72. The number of anilines is 1. The number of rotatable bonds is 6. The minimum absolute atomic E-state index is 0.111. The van der Waals surface area contributed by atoms with Gasteiger partial charge < -0.3 is 4.74 Å². The Morgan fingerprint density at radius 1 is 1.10 bits per heavy atom. The van der Waals surface area contributed by atoms with Crippen molar-refractivity contribution in [2.24, 2.45) is 0 Å². The number of aromatic nitrogens is 2. The molecule has 162 valence electrons. The van der Waals surface area contributed by atoms with E-state index in [1.165, 1.54) is 31.4 Å². The van der Waals surface area contributed by atoms with Crippen molar-refractivity contribution < 1.29 is 17.9 Å². The number of esters is 1. The predicted molar refractivity (Wildman–Crippen MR) is 120 cm³/mol. The van der Waals surface area contributed by atoms with Crippen LogP contribution >= 0.6 is 11.6 Å². The summed E-state index contributed by atoms with van der Waals surface area (Å²) < 4.78 is 32.8. The molecule has 0 aliphatic heterocycles. The maximum absolute atomic E-state index is 12.9. The van der Waals surface area contributed by atoms with E-state index in [4.69, 9.17) is 11.6 Å². The molecule has 7 nitrogen and oxygen atoms in total. The van der Waals surface area contributed by atoms with Gasteiger partial charge in [0.25, 0.3) is 10.0 Å². The third-order valence-corrected chi connectivity index (χ3v) is 6.41. The van der Waals surface area contributed by atoms with Crippen molar-refractivity contribution in [3.05, 3.63) is 70.4 Å². The molecule has 9 heteroatoms. The molecular formula is C22H22ClN3O4S. The molecular weight excluding hydrogens is 438 g/mol. The van der Waals surface area contributed by atoms with Crippen molar-refractivity contribution in [3.8, 4) is 11.3 Å². The number of nitrogens with zero attached hydrogens (tertiary/aromatic N) is 2. The van der Waals surface area contributed by atoms with Crippen LogP contribution < -0.4 is 4.72 Å². The summed E-state index contributed by atoms with van der Waals surface area (Å²) in [6, 6.07) is 13.2. The Morgan fingerprint density at radius 2 is 1.81 bits per heavy atom. The largest absolute Gasteiger partial charge is 0.465 e. The maximum atomic E-state index is 12.9. The number of carbonyl (C=O) groups is 1. The molecule has 1 aromatic heterocycles. The second-order valence-electron chi connectivity index (χ2n) is 7.18. The van der Waals surface area contributed by atoms with Crippen LogP contribution in [0.25, 0.3) is 11.3 Å². The van der Waals surface area contributed by atoms with Gasteiger partial charge in [-0.15, -0.1) is 0 Å². The number of hydrogen-bond donors (Lipinski definition) is 1. The molecule has 0 fully saturated rings. The number of methoxy groups -OCH3 is 1. The molecule has 0 saturated carbocycles. The van der Waals surface area contributed by atoms with Crippen molar-refractivity contribution in [1.29, 1.82) is 0 Å². The van der Waals surface area contributed by atoms with Crippen LogP contribution in [0.1, 0.15) is 41.3 Å². The van der Waals surface area contributed by atoms with Crippen molar-refractivity contribution in [2.45, 2.75) is 31.6 Å². The Balaban J connectivity index is 2.05. The molecule has 0 amide bonds. The SMILES string of the molecule is COC(=O)c1cccc(S(=O)(=O)Nc2nc(Cl)c(C)c(-c3ccccc3C(C)C)n2)c1. The van der Waals surface area contributed by atoms with Crippen molar-refractivity contribution >= 4 is 33.5 Å². The Labute approximate surface area is 186 Å². The number of hydrogen-bond acceptors (Lipinski definition) is 6. The normalized spacial score (nSPS) is 11.4. The predicted octanol–water partition coefficient (Wildman–Crippen LogP) is 4.82. The topological polar surface area (TPSA) is 98.2 Å². The number of ether oxygens (including phenoxy) is 1. The molecule has 0 saturated heterocycles. The first-order valence-corrected chi connectivity index (χ1v) is 11.3. The van der Waals surface area contributed by atoms with Gasteiger partial charge in [0.15, 0.2) is 0 Å². The molecule has 31 heavy (non-hydrogen) atoms. The van der Waals surface area contributed by atoms with Crippen molar-refractivity contribution in [3.63, 3.8) is 0 Å². The van der Waals surface area contributed by atoms with E-state index >= 15 is 0 Å². The van der Waals surface area contributed by atoms with E-state index in [0.717, 1.165) is 11.1 Å². The molecule has 0 radical (unpaired) electrons. The van der Waals surface area contributed by atoms with Gasteiger partial charge in [-0.25, -0.2) is 22.9 Å². The van der Waals surface area contributed by atoms with Crippen LogP contribution in [0.2, 0.25) is 5.15 Å². The highest BCUT2D eigenvalue weighted by Gasteiger charge is 2.21. The summed E-state index contributed by atoms with van der Waals surface area (Å²) in [4.78, 5) is 20.2. The fourth-order valence-corrected chi connectivity index (χ4v) is 4.26. The molecule has 0 unspecified atom stereocenters. The van der Waals surface area contributed by atoms with E-state index < -0.39 is 16.0 Å². The monoisotopic (exact) mass is 459 g/mol. The second-order valence-corrected chi connectivity index (χ2v) is 9.22. The summed E-state index contributed by atoms with van der Waals surface area (Å²) >= 11 is 6.31. The highest BCUT2D eigenvalue weighted by Crippen LogP contribution is 2.33. The zero-order chi connectivity index (χ0) is 22.8. The van der Waals surface area contributed by atoms with E-state index in [9.17, 15) is 13.2 Å². The number of sulfonamides is 1. The van der Waals surface area contributed by atoms with E-state index in [1.807, 2.05) is 24.3 Å². The highest BCUT2D eigenvalue weighted by molar-refractivity contribution is 7.92. The number of halogens is 1. The van der Waals surface area contributed by atoms with Crippen LogP contribution in [0.15, 0.2) is 53.4 Å². The summed E-state index contributed by atoms with van der Waals surface area (Å²) in [6.45, 7) is 5.91. The number of nitrogens with one attached hydrogen (secondary N) is 1. The molecule has 1 N–H and O–H groups in total. The zero-order valence-corrected chi connectivity index (χ0v) is 19.1. The quantitative estimate of drug-likeness (QED) is 0.419. The number of carbonyl (C=O) groups excluding carboxylic acids is 1. The molecule has 0 aliphatic rings. The zero-order valence-electron chi connectivity index (χ0n) is 17.5. The first-order valence-electron chi connectivity index (χ1n) is 9.48. The molecule has 3 aromatic rings. The smallest absolute Gasteiger partial charge is 0.337 e. The standard InChI is InChI=1S/C22H22ClN3O4S/c1-13(2)17-10-5-6-11-18(17)19-14(3)20(23)25-22(24-19)26-31(28,29)16-9-7-8-15(12-16)21(27)30-4/h5-13H,1-4H3,(H,24,25,26). The van der Waals surface area contributed by atoms with E-state index in [0.29, 0.717) is 11.3 Å². The number of benzene rings is 2. The summed E-state index contributed by atoms with van der Waals surface area (Å²) in [5.41, 5.74) is 3.21. The van der Waals surface area contributed by atoms with Crippen molar-refractivity contribution in [2.75, 3.05) is 11.8 Å². The second kappa shape index (κ2) is 9.03. The van der Waals surface area contributed by atoms with Gasteiger partial charge in [-0.1, -0.05) is 55.8 Å². The maximum Gasteiger partial charge on any atom is 0.337 e. The van der Waals surface area contributed by atoms with Gasteiger partial charge in [-0.2, -0.15) is 4.98 Å². The van der Waals surface area contributed by atoms with Crippen LogP contribution in [-0.2, 0) is 14.8 Å².